The van der Waals surface area contributed by atoms with E-state index in [1.807, 2.05) is 11.9 Å². The summed E-state index contributed by atoms with van der Waals surface area (Å²) in [4.78, 5) is 13.8. The summed E-state index contributed by atoms with van der Waals surface area (Å²) in [7, 11) is 1.86. The molecule has 1 aliphatic rings. The van der Waals surface area contributed by atoms with Crippen molar-refractivity contribution in [2.75, 3.05) is 7.05 Å². The predicted octanol–water partition coefficient (Wildman–Crippen LogP) is 1.46. The molecule has 1 fully saturated rings. The second-order valence-corrected chi connectivity index (χ2v) is 4.68. The van der Waals surface area contributed by atoms with E-state index < -0.39 is 0 Å². The smallest absolute Gasteiger partial charge is 0.276 e. The van der Waals surface area contributed by atoms with Crippen molar-refractivity contribution in [2.24, 2.45) is 5.92 Å². The average molecular weight is 222 g/mol. The highest BCUT2D eigenvalue weighted by Gasteiger charge is 2.26. The maximum absolute atomic E-state index is 12.0. The molecule has 88 valence electrons. The van der Waals surface area contributed by atoms with Crippen LogP contribution in [0.25, 0.3) is 0 Å². The van der Waals surface area contributed by atoms with Crippen LogP contribution in [0.4, 0.5) is 0 Å². The van der Waals surface area contributed by atoms with Crippen LogP contribution >= 0.6 is 0 Å². The zero-order chi connectivity index (χ0) is 11.5. The lowest BCUT2D eigenvalue weighted by molar-refractivity contribution is 0.0673. The number of rotatable bonds is 2. The first-order valence-corrected chi connectivity index (χ1v) is 5.81. The highest BCUT2D eigenvalue weighted by molar-refractivity contribution is 5.91. The molecule has 16 heavy (non-hydrogen) atoms. The van der Waals surface area contributed by atoms with Crippen LogP contribution in [0, 0.1) is 5.92 Å². The van der Waals surface area contributed by atoms with Gasteiger partial charge >= 0.3 is 0 Å². The molecule has 1 heterocycles. The normalized spacial score (nSPS) is 25.4. The molecule has 0 atom stereocenters. The number of nitrogens with zero attached hydrogens (tertiary/aromatic N) is 3. The van der Waals surface area contributed by atoms with Crippen molar-refractivity contribution in [1.29, 1.82) is 0 Å². The molecule has 1 saturated carbocycles. The Hall–Kier alpha value is -1.39. The molecule has 0 aliphatic heterocycles. The van der Waals surface area contributed by atoms with Crippen LogP contribution in [0.15, 0.2) is 6.20 Å². The third-order valence-corrected chi connectivity index (χ3v) is 3.49. The second kappa shape index (κ2) is 4.63. The number of H-pyrrole nitrogens is 1. The molecule has 0 aromatic carbocycles. The van der Waals surface area contributed by atoms with E-state index in [1.54, 1.807) is 0 Å². The van der Waals surface area contributed by atoms with Gasteiger partial charge in [0.15, 0.2) is 5.69 Å². The van der Waals surface area contributed by atoms with Gasteiger partial charge in [0.05, 0.1) is 6.20 Å². The summed E-state index contributed by atoms with van der Waals surface area (Å²) < 4.78 is 0. The SMILES string of the molecule is CC1CCC(N(C)C(=O)c2cn[nH]n2)CC1. The molecule has 1 amide bonds. The Kier molecular flexibility index (Phi) is 3.22. The fourth-order valence-electron chi connectivity index (χ4n) is 2.28. The van der Waals surface area contributed by atoms with Crippen LogP contribution in [0.2, 0.25) is 0 Å². The van der Waals surface area contributed by atoms with E-state index in [1.165, 1.54) is 19.0 Å². The van der Waals surface area contributed by atoms with Crippen molar-refractivity contribution in [3.63, 3.8) is 0 Å². The van der Waals surface area contributed by atoms with E-state index in [-0.39, 0.29) is 5.91 Å². The zero-order valence-electron chi connectivity index (χ0n) is 9.81. The van der Waals surface area contributed by atoms with Gasteiger partial charge in [-0.05, 0) is 31.6 Å². The zero-order valence-corrected chi connectivity index (χ0v) is 9.81. The van der Waals surface area contributed by atoms with Crippen LogP contribution in [-0.4, -0.2) is 39.3 Å². The van der Waals surface area contributed by atoms with Gasteiger partial charge in [-0.1, -0.05) is 6.92 Å². The van der Waals surface area contributed by atoms with Gasteiger partial charge in [0.2, 0.25) is 0 Å². The summed E-state index contributed by atoms with van der Waals surface area (Å²) >= 11 is 0. The summed E-state index contributed by atoms with van der Waals surface area (Å²) in [5.74, 6) is 0.764. The van der Waals surface area contributed by atoms with Crippen molar-refractivity contribution < 1.29 is 4.79 Å². The minimum absolute atomic E-state index is 0.0340. The quantitative estimate of drug-likeness (QED) is 0.824. The third kappa shape index (κ3) is 2.23. The highest BCUT2D eigenvalue weighted by atomic mass is 16.2. The Morgan fingerprint density at radius 1 is 1.44 bits per heavy atom. The molecule has 1 aliphatic carbocycles. The van der Waals surface area contributed by atoms with E-state index in [0.717, 1.165) is 18.8 Å². The maximum Gasteiger partial charge on any atom is 0.276 e. The number of hydrogen-bond donors (Lipinski definition) is 1. The molecule has 1 aromatic rings. The van der Waals surface area contributed by atoms with Crippen molar-refractivity contribution in [3.8, 4) is 0 Å². The third-order valence-electron chi connectivity index (χ3n) is 3.49. The first-order valence-electron chi connectivity index (χ1n) is 5.81. The number of aromatic nitrogens is 3. The van der Waals surface area contributed by atoms with Gasteiger partial charge < -0.3 is 4.90 Å². The Morgan fingerprint density at radius 2 is 2.12 bits per heavy atom. The number of carbonyl (C=O) groups is 1. The minimum atomic E-state index is -0.0340. The summed E-state index contributed by atoms with van der Waals surface area (Å²) in [6.45, 7) is 2.27. The van der Waals surface area contributed by atoms with Crippen molar-refractivity contribution in [3.05, 3.63) is 11.9 Å². The molecule has 2 rings (SSSR count). The molecule has 0 saturated heterocycles. The molecule has 0 unspecified atom stereocenters. The van der Waals surface area contributed by atoms with Gasteiger partial charge in [-0.2, -0.15) is 15.4 Å². The molecule has 0 radical (unpaired) electrons. The summed E-state index contributed by atoms with van der Waals surface area (Å²) in [6.07, 6.45) is 6.09. The standard InChI is InChI=1S/C11H18N4O/c1-8-3-5-9(6-4-8)15(2)11(16)10-7-12-14-13-10/h7-9H,3-6H2,1-2H3,(H,12,13,14). The number of hydrogen-bond acceptors (Lipinski definition) is 3. The Bertz CT molecular complexity index is 341. The highest BCUT2D eigenvalue weighted by Crippen LogP contribution is 2.26. The van der Waals surface area contributed by atoms with Gasteiger partial charge in [0, 0.05) is 13.1 Å². The average Bonchev–Trinajstić information content (AvgIpc) is 2.81. The van der Waals surface area contributed by atoms with Crippen LogP contribution in [-0.2, 0) is 0 Å². The first-order chi connectivity index (χ1) is 7.68. The molecule has 5 heteroatoms. The van der Waals surface area contributed by atoms with Crippen LogP contribution < -0.4 is 0 Å². The molecule has 5 nitrogen and oxygen atoms in total. The lowest BCUT2D eigenvalue weighted by atomic mass is 9.87. The number of nitrogens with one attached hydrogen (secondary N) is 1. The topological polar surface area (TPSA) is 61.9 Å². The summed E-state index contributed by atoms with van der Waals surface area (Å²) in [5, 5.41) is 9.95. The van der Waals surface area contributed by atoms with E-state index in [2.05, 4.69) is 22.3 Å². The molecule has 0 bridgehead atoms. The van der Waals surface area contributed by atoms with Crippen molar-refractivity contribution >= 4 is 5.91 Å². The molecule has 1 N–H and O–H groups in total. The summed E-state index contributed by atoms with van der Waals surface area (Å²) in [6, 6.07) is 0.361. The van der Waals surface area contributed by atoms with Crippen LogP contribution in [0.1, 0.15) is 43.1 Å². The Morgan fingerprint density at radius 3 is 2.69 bits per heavy atom. The lowest BCUT2D eigenvalue weighted by Gasteiger charge is -2.33. The first kappa shape index (κ1) is 11.1. The largest absolute Gasteiger partial charge is 0.337 e. The molecular formula is C11H18N4O. The van der Waals surface area contributed by atoms with E-state index in [9.17, 15) is 4.79 Å². The fraction of sp³-hybridized carbons (Fsp3) is 0.727. The fourth-order valence-corrected chi connectivity index (χ4v) is 2.28. The van der Waals surface area contributed by atoms with Gasteiger partial charge in [0.1, 0.15) is 0 Å². The number of carbonyl (C=O) groups excluding carboxylic acids is 1. The van der Waals surface area contributed by atoms with Crippen molar-refractivity contribution in [2.45, 2.75) is 38.6 Å². The second-order valence-electron chi connectivity index (χ2n) is 4.68. The summed E-state index contributed by atoms with van der Waals surface area (Å²) in [5.41, 5.74) is 0.404. The van der Waals surface area contributed by atoms with E-state index in [4.69, 9.17) is 0 Å². The Balaban J connectivity index is 1.97. The van der Waals surface area contributed by atoms with E-state index in [0.29, 0.717) is 11.7 Å². The van der Waals surface area contributed by atoms with E-state index >= 15 is 0 Å². The van der Waals surface area contributed by atoms with Crippen molar-refractivity contribution in [1.82, 2.24) is 20.3 Å². The monoisotopic (exact) mass is 222 g/mol. The van der Waals surface area contributed by atoms with Crippen LogP contribution in [0.3, 0.4) is 0 Å². The molecule has 1 aromatic heterocycles. The van der Waals surface area contributed by atoms with Crippen LogP contribution in [0.5, 0.6) is 0 Å². The number of aromatic amines is 1. The molecular weight excluding hydrogens is 204 g/mol. The van der Waals surface area contributed by atoms with Gasteiger partial charge in [-0.3, -0.25) is 4.79 Å². The van der Waals surface area contributed by atoms with Gasteiger partial charge in [0.25, 0.3) is 5.91 Å². The maximum atomic E-state index is 12.0. The minimum Gasteiger partial charge on any atom is -0.337 e. The van der Waals surface area contributed by atoms with Gasteiger partial charge in [-0.25, -0.2) is 0 Å². The van der Waals surface area contributed by atoms with Gasteiger partial charge in [-0.15, -0.1) is 0 Å². The Labute approximate surface area is 95.2 Å². The molecule has 0 spiro atoms. The predicted molar refractivity (Wildman–Crippen MR) is 59.9 cm³/mol. The lowest BCUT2D eigenvalue weighted by Crippen LogP contribution is -2.39. The number of amides is 1.